The smallest absolute Gasteiger partial charge is 0.134 e. The first-order valence-corrected chi connectivity index (χ1v) is 8.97. The number of hydrogen-bond acceptors (Lipinski definition) is 4. The second kappa shape index (κ2) is 6.83. The highest BCUT2D eigenvalue weighted by Crippen LogP contribution is 2.31. The van der Waals surface area contributed by atoms with E-state index in [2.05, 4.69) is 30.3 Å². The number of hydrogen-bond donors (Lipinski definition) is 1. The minimum Gasteiger partial charge on any atom is -0.508 e. The van der Waals surface area contributed by atoms with Gasteiger partial charge in [-0.15, -0.1) is 11.3 Å². The van der Waals surface area contributed by atoms with E-state index in [1.54, 1.807) is 30.3 Å². The first kappa shape index (κ1) is 16.1. The molecule has 0 atom stereocenters. The molecule has 1 heterocycles. The van der Waals surface area contributed by atoms with Gasteiger partial charge in [-0.05, 0) is 34.5 Å². The number of rotatable bonds is 3. The molecule has 0 unspecified atom stereocenters. The largest absolute Gasteiger partial charge is 0.508 e. The maximum absolute atomic E-state index is 9.55. The van der Waals surface area contributed by atoms with Crippen LogP contribution in [0.2, 0.25) is 0 Å². The van der Waals surface area contributed by atoms with Crippen LogP contribution in [0.1, 0.15) is 10.6 Å². The summed E-state index contributed by atoms with van der Waals surface area (Å²) in [6.45, 7) is 0. The molecule has 0 aliphatic carbocycles. The van der Waals surface area contributed by atoms with E-state index in [0.717, 1.165) is 22.2 Å². The number of nitriles is 1. The molecule has 0 aliphatic rings. The molecule has 0 radical (unpaired) electrons. The Kier molecular flexibility index (Phi) is 4.22. The molecule has 4 heteroatoms. The first-order chi connectivity index (χ1) is 12.7. The van der Waals surface area contributed by atoms with Crippen molar-refractivity contribution in [3.8, 4) is 23.1 Å². The molecule has 1 N–H and O–H groups in total. The standard InChI is InChI=1S/C22H14N2OS/c23-13-17(12-15-8-10-18(25)11-9-15)22-24-21(14-26-22)20-7-3-5-16-4-1-2-6-19(16)20/h1-12,14,25H. The van der Waals surface area contributed by atoms with Gasteiger partial charge in [0.2, 0.25) is 0 Å². The lowest BCUT2D eigenvalue weighted by Crippen LogP contribution is -1.84. The molecule has 0 saturated carbocycles. The summed E-state index contributed by atoms with van der Waals surface area (Å²) in [7, 11) is 0. The number of allylic oxidation sites excluding steroid dienone is 1. The third-order valence-electron chi connectivity index (χ3n) is 4.12. The molecule has 124 valence electrons. The Hall–Kier alpha value is -3.42. The van der Waals surface area contributed by atoms with Crippen molar-refractivity contribution in [2.24, 2.45) is 0 Å². The van der Waals surface area contributed by atoms with Crippen molar-refractivity contribution in [2.75, 3.05) is 0 Å². The first-order valence-electron chi connectivity index (χ1n) is 8.09. The monoisotopic (exact) mass is 354 g/mol. The average molecular weight is 354 g/mol. The molecule has 26 heavy (non-hydrogen) atoms. The Bertz CT molecular complexity index is 1150. The SMILES string of the molecule is N#CC(=Cc1ccc(O)cc1)c1nc(-c2cccc3ccccc23)cs1. The van der Waals surface area contributed by atoms with Crippen LogP contribution in [-0.4, -0.2) is 10.1 Å². The summed E-state index contributed by atoms with van der Waals surface area (Å²) in [4.78, 5) is 4.69. The van der Waals surface area contributed by atoms with E-state index in [9.17, 15) is 10.4 Å². The maximum atomic E-state index is 9.55. The van der Waals surface area contributed by atoms with Crippen LogP contribution in [0.4, 0.5) is 0 Å². The number of benzene rings is 3. The fourth-order valence-corrected chi connectivity index (χ4v) is 3.63. The number of phenols is 1. The van der Waals surface area contributed by atoms with Crippen molar-refractivity contribution in [3.63, 3.8) is 0 Å². The summed E-state index contributed by atoms with van der Waals surface area (Å²) < 4.78 is 0. The zero-order chi connectivity index (χ0) is 17.9. The van der Waals surface area contributed by atoms with Crippen molar-refractivity contribution >= 4 is 33.8 Å². The predicted molar refractivity (Wildman–Crippen MR) is 107 cm³/mol. The lowest BCUT2D eigenvalue weighted by molar-refractivity contribution is 0.475. The van der Waals surface area contributed by atoms with Crippen LogP contribution in [0.3, 0.4) is 0 Å². The minimum atomic E-state index is 0.202. The Morgan fingerprint density at radius 2 is 1.77 bits per heavy atom. The van der Waals surface area contributed by atoms with Crippen LogP contribution in [0.5, 0.6) is 5.75 Å². The van der Waals surface area contributed by atoms with Crippen molar-refractivity contribution in [2.45, 2.75) is 0 Å². The van der Waals surface area contributed by atoms with Crippen LogP contribution in [0.25, 0.3) is 33.7 Å². The second-order valence-electron chi connectivity index (χ2n) is 5.83. The fraction of sp³-hybridized carbons (Fsp3) is 0. The van der Waals surface area contributed by atoms with E-state index < -0.39 is 0 Å². The van der Waals surface area contributed by atoms with Gasteiger partial charge in [-0.2, -0.15) is 5.26 Å². The molecule has 0 aliphatic heterocycles. The van der Waals surface area contributed by atoms with Crippen LogP contribution in [-0.2, 0) is 0 Å². The molecule has 4 rings (SSSR count). The number of aromatic hydroxyl groups is 1. The van der Waals surface area contributed by atoms with Gasteiger partial charge in [0.25, 0.3) is 0 Å². The van der Waals surface area contributed by atoms with Crippen LogP contribution in [0.15, 0.2) is 72.1 Å². The van der Waals surface area contributed by atoms with E-state index in [1.807, 2.05) is 23.6 Å². The molecule has 4 aromatic rings. The Labute approximate surface area is 155 Å². The van der Waals surface area contributed by atoms with Crippen molar-refractivity contribution < 1.29 is 5.11 Å². The molecule has 0 amide bonds. The van der Waals surface area contributed by atoms with Crippen molar-refractivity contribution in [1.82, 2.24) is 4.98 Å². The summed E-state index contributed by atoms with van der Waals surface area (Å²) >= 11 is 1.46. The fourth-order valence-electron chi connectivity index (χ4n) is 2.85. The van der Waals surface area contributed by atoms with Gasteiger partial charge in [0.15, 0.2) is 0 Å². The third-order valence-corrected chi connectivity index (χ3v) is 5.00. The molecule has 3 aromatic carbocycles. The Balaban J connectivity index is 1.75. The van der Waals surface area contributed by atoms with Gasteiger partial charge in [-0.25, -0.2) is 4.98 Å². The molecular formula is C22H14N2OS. The maximum Gasteiger partial charge on any atom is 0.134 e. The van der Waals surface area contributed by atoms with Gasteiger partial charge in [-0.3, -0.25) is 0 Å². The summed E-state index contributed by atoms with van der Waals surface area (Å²) in [6.07, 6.45) is 1.78. The number of phenolic OH excluding ortho intramolecular Hbond substituents is 1. The molecule has 0 spiro atoms. The van der Waals surface area contributed by atoms with Gasteiger partial charge < -0.3 is 5.11 Å². The third kappa shape index (κ3) is 3.08. The number of aromatic nitrogens is 1. The molecule has 0 saturated heterocycles. The van der Waals surface area contributed by atoms with Gasteiger partial charge in [0, 0.05) is 10.9 Å². The van der Waals surface area contributed by atoms with E-state index in [4.69, 9.17) is 4.98 Å². The summed E-state index contributed by atoms with van der Waals surface area (Å²) in [6, 6.07) is 23.3. The van der Waals surface area contributed by atoms with E-state index in [-0.39, 0.29) is 5.75 Å². The van der Waals surface area contributed by atoms with Crippen molar-refractivity contribution in [3.05, 3.63) is 82.7 Å². The van der Waals surface area contributed by atoms with Crippen molar-refractivity contribution in [1.29, 1.82) is 5.26 Å². The van der Waals surface area contributed by atoms with Gasteiger partial charge in [0.1, 0.15) is 16.8 Å². The minimum absolute atomic E-state index is 0.202. The van der Waals surface area contributed by atoms with Gasteiger partial charge >= 0.3 is 0 Å². The summed E-state index contributed by atoms with van der Waals surface area (Å²) in [5.41, 5.74) is 3.29. The van der Waals surface area contributed by atoms with Crippen LogP contribution >= 0.6 is 11.3 Å². The van der Waals surface area contributed by atoms with Gasteiger partial charge in [-0.1, -0.05) is 54.6 Å². The molecular weight excluding hydrogens is 340 g/mol. The van der Waals surface area contributed by atoms with E-state index >= 15 is 0 Å². The summed E-state index contributed by atoms with van der Waals surface area (Å²) in [5, 5.41) is 23.9. The summed E-state index contributed by atoms with van der Waals surface area (Å²) in [5.74, 6) is 0.202. The Morgan fingerprint density at radius 3 is 2.58 bits per heavy atom. The number of thiazole rings is 1. The highest BCUT2D eigenvalue weighted by Gasteiger charge is 2.11. The number of fused-ring (bicyclic) bond motifs is 1. The lowest BCUT2D eigenvalue weighted by Gasteiger charge is -2.03. The molecule has 1 aromatic heterocycles. The lowest BCUT2D eigenvalue weighted by atomic mass is 10.0. The topological polar surface area (TPSA) is 56.9 Å². The Morgan fingerprint density at radius 1 is 1.00 bits per heavy atom. The van der Waals surface area contributed by atoms with Crippen LogP contribution < -0.4 is 0 Å². The number of nitrogens with zero attached hydrogens (tertiary/aromatic N) is 2. The van der Waals surface area contributed by atoms with E-state index in [1.165, 1.54) is 16.7 Å². The van der Waals surface area contributed by atoms with Crippen LogP contribution in [0, 0.1) is 11.3 Å². The average Bonchev–Trinajstić information content (AvgIpc) is 3.17. The second-order valence-corrected chi connectivity index (χ2v) is 6.68. The molecule has 0 fully saturated rings. The molecule has 3 nitrogen and oxygen atoms in total. The highest BCUT2D eigenvalue weighted by atomic mass is 32.1. The normalized spacial score (nSPS) is 11.4. The quantitative estimate of drug-likeness (QED) is 0.478. The predicted octanol–water partition coefficient (Wildman–Crippen LogP) is 5.73. The zero-order valence-corrected chi connectivity index (χ0v) is 14.6. The van der Waals surface area contributed by atoms with Gasteiger partial charge in [0.05, 0.1) is 11.3 Å². The molecule has 0 bridgehead atoms. The zero-order valence-electron chi connectivity index (χ0n) is 13.8. The highest BCUT2D eigenvalue weighted by molar-refractivity contribution is 7.11. The van der Waals surface area contributed by atoms with E-state index in [0.29, 0.717) is 10.6 Å².